The first-order valence-corrected chi connectivity index (χ1v) is 8.02. The van der Waals surface area contributed by atoms with E-state index in [0.29, 0.717) is 18.2 Å². The Bertz CT molecular complexity index is 548. The van der Waals surface area contributed by atoms with E-state index in [1.54, 1.807) is 24.3 Å². The van der Waals surface area contributed by atoms with Crippen molar-refractivity contribution in [3.8, 4) is 5.75 Å². The maximum absolute atomic E-state index is 12.3. The lowest BCUT2D eigenvalue weighted by Gasteiger charge is -2.20. The van der Waals surface area contributed by atoms with Gasteiger partial charge in [0.05, 0.1) is 7.11 Å². The molecule has 4 nitrogen and oxygen atoms in total. The topological polar surface area (TPSA) is 55.4 Å². The molecule has 0 aliphatic heterocycles. The van der Waals surface area contributed by atoms with Gasteiger partial charge in [-0.15, -0.1) is 0 Å². The highest BCUT2D eigenvalue weighted by molar-refractivity contribution is 7.89. The lowest BCUT2D eigenvalue weighted by atomic mass is 9.93. The number of nitrogens with one attached hydrogen (secondary N) is 1. The molecule has 19 heavy (non-hydrogen) atoms. The fourth-order valence-corrected chi connectivity index (χ4v) is 3.58. The third-order valence-corrected chi connectivity index (χ3v) is 5.53. The summed E-state index contributed by atoms with van der Waals surface area (Å²) >= 11 is 0. The zero-order valence-corrected chi connectivity index (χ0v) is 12.5. The van der Waals surface area contributed by atoms with Crippen molar-refractivity contribution in [3.05, 3.63) is 24.3 Å². The van der Waals surface area contributed by atoms with Gasteiger partial charge in [0.15, 0.2) is 0 Å². The quantitative estimate of drug-likeness (QED) is 0.872. The van der Waals surface area contributed by atoms with Crippen LogP contribution in [0.5, 0.6) is 5.75 Å². The molecule has 1 aromatic rings. The molecule has 0 unspecified atom stereocenters. The van der Waals surface area contributed by atoms with E-state index in [1.807, 2.05) is 0 Å². The van der Waals surface area contributed by atoms with Crippen LogP contribution in [0.3, 0.4) is 0 Å². The predicted octanol–water partition coefficient (Wildman–Crippen LogP) is 2.41. The van der Waals surface area contributed by atoms with Gasteiger partial charge in [-0.2, -0.15) is 0 Å². The van der Waals surface area contributed by atoms with Gasteiger partial charge in [-0.25, -0.2) is 13.1 Å². The van der Waals surface area contributed by atoms with E-state index in [0.717, 1.165) is 12.8 Å². The Morgan fingerprint density at radius 3 is 2.47 bits per heavy atom. The number of benzene rings is 1. The van der Waals surface area contributed by atoms with Crippen molar-refractivity contribution >= 4 is 10.0 Å². The second-order valence-corrected chi connectivity index (χ2v) is 7.23. The Hall–Kier alpha value is -1.07. The van der Waals surface area contributed by atoms with Crippen LogP contribution in [0, 0.1) is 11.3 Å². The van der Waals surface area contributed by atoms with Crippen molar-refractivity contribution in [1.82, 2.24) is 4.72 Å². The van der Waals surface area contributed by atoms with Crippen molar-refractivity contribution in [3.63, 3.8) is 0 Å². The highest BCUT2D eigenvalue weighted by Gasteiger charge is 2.45. The maximum Gasteiger partial charge on any atom is 0.244 e. The highest BCUT2D eigenvalue weighted by atomic mass is 32.2. The van der Waals surface area contributed by atoms with Crippen LogP contribution in [0.1, 0.15) is 26.7 Å². The van der Waals surface area contributed by atoms with Crippen molar-refractivity contribution in [2.24, 2.45) is 11.3 Å². The van der Waals surface area contributed by atoms with Gasteiger partial charge in [-0.3, -0.25) is 0 Å². The first-order chi connectivity index (χ1) is 8.91. The minimum atomic E-state index is -3.50. The van der Waals surface area contributed by atoms with E-state index in [4.69, 9.17) is 4.74 Å². The lowest BCUT2D eigenvalue weighted by molar-refractivity contribution is 0.357. The smallest absolute Gasteiger partial charge is 0.244 e. The van der Waals surface area contributed by atoms with Crippen molar-refractivity contribution in [2.45, 2.75) is 31.6 Å². The molecule has 0 atom stereocenters. The van der Waals surface area contributed by atoms with Crippen LogP contribution in [0.15, 0.2) is 29.2 Å². The van der Waals surface area contributed by atoms with Gasteiger partial charge in [0, 0.05) is 6.54 Å². The van der Waals surface area contributed by atoms with E-state index >= 15 is 0 Å². The molecular weight excluding hydrogens is 262 g/mol. The number of hydrogen-bond acceptors (Lipinski definition) is 3. The summed E-state index contributed by atoms with van der Waals surface area (Å²) in [5.41, 5.74) is 0.148. The number of methoxy groups -OCH3 is 1. The van der Waals surface area contributed by atoms with Crippen LogP contribution in [0.25, 0.3) is 0 Å². The zero-order chi connectivity index (χ0) is 14.1. The first kappa shape index (κ1) is 14.3. The zero-order valence-electron chi connectivity index (χ0n) is 11.6. The number of rotatable bonds is 6. The summed E-state index contributed by atoms with van der Waals surface area (Å²) in [7, 11) is -2.03. The standard InChI is InChI=1S/C14H21NO3S/c1-11(2)14(8-9-14)10-15-19(16,17)13-7-5-4-6-12(13)18-3/h4-7,11,15H,8-10H2,1-3H3. The van der Waals surface area contributed by atoms with Gasteiger partial charge in [0.1, 0.15) is 10.6 Å². The van der Waals surface area contributed by atoms with Crippen molar-refractivity contribution < 1.29 is 13.2 Å². The molecular formula is C14H21NO3S. The van der Waals surface area contributed by atoms with Gasteiger partial charge in [-0.05, 0) is 36.3 Å². The molecule has 0 aromatic heterocycles. The molecule has 0 bridgehead atoms. The molecule has 1 aliphatic rings. The predicted molar refractivity (Wildman–Crippen MR) is 74.7 cm³/mol. The van der Waals surface area contributed by atoms with Crippen LogP contribution in [-0.4, -0.2) is 22.1 Å². The molecule has 1 N–H and O–H groups in total. The molecule has 1 aliphatic carbocycles. The summed E-state index contributed by atoms with van der Waals surface area (Å²) < 4.78 is 32.5. The second kappa shape index (κ2) is 5.13. The number of sulfonamides is 1. The Morgan fingerprint density at radius 1 is 1.32 bits per heavy atom. The van der Waals surface area contributed by atoms with E-state index in [2.05, 4.69) is 18.6 Å². The van der Waals surface area contributed by atoms with Crippen LogP contribution in [-0.2, 0) is 10.0 Å². The summed E-state index contributed by atoms with van der Waals surface area (Å²) in [6.45, 7) is 4.79. The molecule has 0 radical (unpaired) electrons. The van der Waals surface area contributed by atoms with Gasteiger partial charge in [0.2, 0.25) is 10.0 Å². The molecule has 0 saturated heterocycles. The van der Waals surface area contributed by atoms with E-state index < -0.39 is 10.0 Å². The Morgan fingerprint density at radius 2 is 1.95 bits per heavy atom. The average molecular weight is 283 g/mol. The molecule has 2 rings (SSSR count). The Labute approximate surface area is 115 Å². The summed E-state index contributed by atoms with van der Waals surface area (Å²) in [5.74, 6) is 0.872. The van der Waals surface area contributed by atoms with E-state index in [1.165, 1.54) is 7.11 Å². The highest BCUT2D eigenvalue weighted by Crippen LogP contribution is 2.51. The molecule has 1 fully saturated rings. The number of ether oxygens (including phenoxy) is 1. The number of para-hydroxylation sites is 1. The summed E-state index contributed by atoms with van der Waals surface area (Å²) in [4.78, 5) is 0.206. The summed E-state index contributed by atoms with van der Waals surface area (Å²) in [5, 5.41) is 0. The minimum absolute atomic E-state index is 0.148. The van der Waals surface area contributed by atoms with Gasteiger partial charge in [-0.1, -0.05) is 26.0 Å². The van der Waals surface area contributed by atoms with Crippen LogP contribution >= 0.6 is 0 Å². The molecule has 0 heterocycles. The molecule has 1 saturated carbocycles. The summed E-state index contributed by atoms with van der Waals surface area (Å²) in [6.07, 6.45) is 2.19. The fraction of sp³-hybridized carbons (Fsp3) is 0.571. The molecule has 106 valence electrons. The van der Waals surface area contributed by atoms with Crippen molar-refractivity contribution in [1.29, 1.82) is 0 Å². The second-order valence-electron chi connectivity index (χ2n) is 5.49. The normalized spacial score (nSPS) is 17.5. The molecule has 1 aromatic carbocycles. The minimum Gasteiger partial charge on any atom is -0.495 e. The average Bonchev–Trinajstić information content (AvgIpc) is 3.18. The monoisotopic (exact) mass is 283 g/mol. The summed E-state index contributed by atoms with van der Waals surface area (Å²) in [6, 6.07) is 6.68. The maximum atomic E-state index is 12.3. The van der Waals surface area contributed by atoms with E-state index in [-0.39, 0.29) is 10.3 Å². The van der Waals surface area contributed by atoms with Crippen LogP contribution in [0.4, 0.5) is 0 Å². The van der Waals surface area contributed by atoms with Crippen molar-refractivity contribution in [2.75, 3.05) is 13.7 Å². The molecule has 0 spiro atoms. The van der Waals surface area contributed by atoms with Gasteiger partial charge >= 0.3 is 0 Å². The molecule has 0 amide bonds. The third-order valence-electron chi connectivity index (χ3n) is 4.09. The Balaban J connectivity index is 2.15. The van der Waals surface area contributed by atoms with Crippen LogP contribution < -0.4 is 9.46 Å². The van der Waals surface area contributed by atoms with E-state index in [9.17, 15) is 8.42 Å². The van der Waals surface area contributed by atoms with Gasteiger partial charge < -0.3 is 4.74 Å². The molecule has 5 heteroatoms. The lowest BCUT2D eigenvalue weighted by Crippen LogP contribution is -2.32. The first-order valence-electron chi connectivity index (χ1n) is 6.54. The number of hydrogen-bond donors (Lipinski definition) is 1. The SMILES string of the molecule is COc1ccccc1S(=O)(=O)NCC1(C(C)C)CC1. The largest absolute Gasteiger partial charge is 0.495 e. The third kappa shape index (κ3) is 2.92. The Kier molecular flexibility index (Phi) is 3.87. The van der Waals surface area contributed by atoms with Crippen LogP contribution in [0.2, 0.25) is 0 Å². The van der Waals surface area contributed by atoms with Gasteiger partial charge in [0.25, 0.3) is 0 Å². The fourth-order valence-electron chi connectivity index (χ4n) is 2.28.